The number of nitrogens with one attached hydrogen (secondary N) is 1. The Labute approximate surface area is 167 Å². The van der Waals surface area contributed by atoms with Gasteiger partial charge < -0.3 is 9.88 Å². The second-order valence-electron chi connectivity index (χ2n) is 7.96. The zero-order chi connectivity index (χ0) is 20.0. The molecule has 1 N–H and O–H groups in total. The van der Waals surface area contributed by atoms with Crippen LogP contribution in [-0.2, 0) is 26.6 Å². The van der Waals surface area contributed by atoms with E-state index in [-0.39, 0.29) is 11.7 Å². The number of likely N-dealkylation sites (tertiary alicyclic amines) is 1. The molecule has 1 fully saturated rings. The molecule has 0 saturated carbocycles. The highest BCUT2D eigenvalue weighted by atomic mass is 19.1. The quantitative estimate of drug-likeness (QED) is 0.727. The standard InChI is InChI=1S/C20H22FN7O/c1-26-8-13(7-22-26)9-27-10-14-5-18-24-25-19(28(18)12-15(14)11-27)20(29)23-17-4-2-3-16(21)6-17/h2-4,6-8,14-15H,5,9-12H2,1H3,(H,23,29)/t14-,15+/m0/s1. The van der Waals surface area contributed by atoms with Crippen LogP contribution in [0.1, 0.15) is 22.0 Å². The maximum atomic E-state index is 13.4. The first-order valence-corrected chi connectivity index (χ1v) is 9.74. The summed E-state index contributed by atoms with van der Waals surface area (Å²) in [5.41, 5.74) is 1.62. The number of aryl methyl sites for hydroxylation is 1. The van der Waals surface area contributed by atoms with Gasteiger partial charge >= 0.3 is 0 Å². The molecule has 1 saturated heterocycles. The molecule has 9 heteroatoms. The van der Waals surface area contributed by atoms with Gasteiger partial charge in [-0.1, -0.05) is 6.07 Å². The maximum Gasteiger partial charge on any atom is 0.293 e. The van der Waals surface area contributed by atoms with E-state index in [9.17, 15) is 9.18 Å². The van der Waals surface area contributed by atoms with Crippen molar-refractivity contribution in [3.05, 3.63) is 59.7 Å². The fourth-order valence-electron chi connectivity index (χ4n) is 4.48. The molecule has 0 radical (unpaired) electrons. The number of benzene rings is 1. The molecule has 150 valence electrons. The van der Waals surface area contributed by atoms with Gasteiger partial charge in [0, 0.05) is 57.1 Å². The molecule has 2 atom stereocenters. The Hall–Kier alpha value is -3.07. The lowest BCUT2D eigenvalue weighted by molar-refractivity contribution is 0.100. The number of halogens is 1. The first kappa shape index (κ1) is 18.0. The Morgan fingerprint density at radius 3 is 2.90 bits per heavy atom. The number of hydrogen-bond acceptors (Lipinski definition) is 5. The van der Waals surface area contributed by atoms with Crippen molar-refractivity contribution in [2.75, 3.05) is 18.4 Å². The van der Waals surface area contributed by atoms with Crippen LogP contribution in [0.25, 0.3) is 0 Å². The van der Waals surface area contributed by atoms with Crippen molar-refractivity contribution in [1.29, 1.82) is 0 Å². The van der Waals surface area contributed by atoms with Gasteiger partial charge in [-0.2, -0.15) is 5.10 Å². The number of hydrogen-bond donors (Lipinski definition) is 1. The van der Waals surface area contributed by atoms with E-state index < -0.39 is 5.82 Å². The fraction of sp³-hybridized carbons (Fsp3) is 0.400. The normalized spacial score (nSPS) is 21.0. The van der Waals surface area contributed by atoms with Crippen LogP contribution in [0.2, 0.25) is 0 Å². The molecule has 0 bridgehead atoms. The Balaban J connectivity index is 1.28. The summed E-state index contributed by atoms with van der Waals surface area (Å²) in [5.74, 6) is 1.34. The van der Waals surface area contributed by atoms with Gasteiger partial charge in [0.1, 0.15) is 11.6 Å². The van der Waals surface area contributed by atoms with Crippen LogP contribution >= 0.6 is 0 Å². The van der Waals surface area contributed by atoms with Crippen LogP contribution in [0.15, 0.2) is 36.7 Å². The van der Waals surface area contributed by atoms with Crippen LogP contribution < -0.4 is 5.32 Å². The minimum absolute atomic E-state index is 0.286. The van der Waals surface area contributed by atoms with Crippen molar-refractivity contribution in [1.82, 2.24) is 29.4 Å². The average Bonchev–Trinajstić information content (AvgIpc) is 3.37. The Kier molecular flexibility index (Phi) is 4.39. The van der Waals surface area contributed by atoms with E-state index in [0.29, 0.717) is 17.5 Å². The molecular weight excluding hydrogens is 373 g/mol. The molecule has 0 spiro atoms. The minimum atomic E-state index is -0.395. The Bertz CT molecular complexity index is 1060. The molecule has 1 amide bonds. The summed E-state index contributed by atoms with van der Waals surface area (Å²) in [5, 5.41) is 15.3. The number of carbonyl (C=O) groups is 1. The molecule has 0 unspecified atom stereocenters. The molecule has 8 nitrogen and oxygen atoms in total. The molecule has 0 aliphatic carbocycles. The summed E-state index contributed by atoms with van der Waals surface area (Å²) in [6, 6.07) is 5.84. The Morgan fingerprint density at radius 2 is 2.10 bits per heavy atom. The van der Waals surface area contributed by atoms with Gasteiger partial charge in [-0.05, 0) is 30.0 Å². The van der Waals surface area contributed by atoms with Crippen molar-refractivity contribution in [2.24, 2.45) is 18.9 Å². The number of rotatable bonds is 4. The minimum Gasteiger partial charge on any atom is -0.319 e. The molecular formula is C20H22FN7O. The largest absolute Gasteiger partial charge is 0.319 e. The molecule has 2 aliphatic rings. The molecule has 2 aliphatic heterocycles. The predicted molar refractivity (Wildman–Crippen MR) is 104 cm³/mol. The van der Waals surface area contributed by atoms with Crippen molar-refractivity contribution in [3.63, 3.8) is 0 Å². The lowest BCUT2D eigenvalue weighted by Gasteiger charge is -2.25. The number of fused-ring (bicyclic) bond motifs is 2. The Morgan fingerprint density at radius 1 is 1.24 bits per heavy atom. The number of anilines is 1. The second-order valence-corrected chi connectivity index (χ2v) is 7.96. The summed E-state index contributed by atoms with van der Waals surface area (Å²) in [4.78, 5) is 15.1. The lowest BCUT2D eigenvalue weighted by Crippen LogP contribution is -2.31. The molecule has 29 heavy (non-hydrogen) atoms. The van der Waals surface area contributed by atoms with Gasteiger partial charge in [-0.25, -0.2) is 4.39 Å². The second kappa shape index (κ2) is 7.07. The van der Waals surface area contributed by atoms with E-state index in [1.807, 2.05) is 28.7 Å². The van der Waals surface area contributed by atoms with Crippen LogP contribution in [0.3, 0.4) is 0 Å². The summed E-state index contributed by atoms with van der Waals surface area (Å²) >= 11 is 0. The monoisotopic (exact) mass is 395 g/mol. The highest BCUT2D eigenvalue weighted by molar-refractivity contribution is 6.01. The molecule has 4 heterocycles. The van der Waals surface area contributed by atoms with Crippen LogP contribution in [0.4, 0.5) is 10.1 Å². The SMILES string of the molecule is Cn1cc(CN2C[C@@H]3Cn4c(nnc4C(=O)Nc4cccc(F)c4)C[C@H]3C2)cn1. The van der Waals surface area contributed by atoms with E-state index >= 15 is 0 Å². The van der Waals surface area contributed by atoms with Gasteiger partial charge in [-0.15, -0.1) is 10.2 Å². The van der Waals surface area contributed by atoms with Crippen molar-refractivity contribution in [2.45, 2.75) is 19.5 Å². The smallest absolute Gasteiger partial charge is 0.293 e. The van der Waals surface area contributed by atoms with Gasteiger partial charge in [0.05, 0.1) is 6.20 Å². The predicted octanol–water partition coefficient (Wildman–Crippen LogP) is 1.71. The van der Waals surface area contributed by atoms with Crippen molar-refractivity contribution in [3.8, 4) is 0 Å². The van der Waals surface area contributed by atoms with E-state index in [4.69, 9.17) is 0 Å². The maximum absolute atomic E-state index is 13.4. The topological polar surface area (TPSA) is 80.9 Å². The summed E-state index contributed by atoms with van der Waals surface area (Å²) in [6.45, 7) is 3.59. The van der Waals surface area contributed by atoms with Gasteiger partial charge in [0.2, 0.25) is 5.82 Å². The average molecular weight is 395 g/mol. The summed E-state index contributed by atoms with van der Waals surface area (Å²) in [6.07, 6.45) is 4.77. The zero-order valence-corrected chi connectivity index (χ0v) is 16.1. The number of carbonyl (C=O) groups excluding carboxylic acids is 1. The number of aromatic nitrogens is 5. The summed E-state index contributed by atoms with van der Waals surface area (Å²) < 4.78 is 17.1. The first-order valence-electron chi connectivity index (χ1n) is 9.74. The van der Waals surface area contributed by atoms with Crippen molar-refractivity contribution < 1.29 is 9.18 Å². The van der Waals surface area contributed by atoms with Crippen LogP contribution in [-0.4, -0.2) is 48.4 Å². The molecule has 2 aromatic heterocycles. The van der Waals surface area contributed by atoms with Crippen LogP contribution in [0, 0.1) is 17.7 Å². The van der Waals surface area contributed by atoms with Gasteiger partial charge in [0.25, 0.3) is 5.91 Å². The molecule has 3 aromatic rings. The van der Waals surface area contributed by atoms with Gasteiger partial charge in [0.15, 0.2) is 0 Å². The number of nitrogens with zero attached hydrogens (tertiary/aromatic N) is 6. The summed E-state index contributed by atoms with van der Waals surface area (Å²) in [7, 11) is 1.93. The van der Waals surface area contributed by atoms with Gasteiger partial charge in [-0.3, -0.25) is 14.4 Å². The highest BCUT2D eigenvalue weighted by Crippen LogP contribution is 2.33. The van der Waals surface area contributed by atoms with Crippen molar-refractivity contribution >= 4 is 11.6 Å². The van der Waals surface area contributed by atoms with E-state index in [2.05, 4.69) is 25.5 Å². The van der Waals surface area contributed by atoms with E-state index in [1.54, 1.807) is 12.1 Å². The number of amides is 1. The lowest BCUT2D eigenvalue weighted by atomic mass is 9.89. The van der Waals surface area contributed by atoms with E-state index in [1.165, 1.54) is 17.7 Å². The molecule has 1 aromatic carbocycles. The third-order valence-corrected chi connectivity index (χ3v) is 5.79. The zero-order valence-electron chi connectivity index (χ0n) is 16.1. The first-order chi connectivity index (χ1) is 14.0. The highest BCUT2D eigenvalue weighted by Gasteiger charge is 2.39. The molecule has 5 rings (SSSR count). The fourth-order valence-corrected chi connectivity index (χ4v) is 4.48. The van der Waals surface area contributed by atoms with E-state index in [0.717, 1.165) is 38.4 Å². The third kappa shape index (κ3) is 3.53. The third-order valence-electron chi connectivity index (χ3n) is 5.79. The van der Waals surface area contributed by atoms with Crippen LogP contribution in [0.5, 0.6) is 0 Å².